The number of hydrogen-bond acceptors (Lipinski definition) is 2. The second-order valence-electron chi connectivity index (χ2n) is 5.13. The lowest BCUT2D eigenvalue weighted by atomic mass is 9.96. The highest BCUT2D eigenvalue weighted by atomic mass is 16.3. The van der Waals surface area contributed by atoms with E-state index >= 15 is 0 Å². The molecule has 80 valence electrons. The van der Waals surface area contributed by atoms with Crippen molar-refractivity contribution in [1.29, 1.82) is 0 Å². The van der Waals surface area contributed by atoms with Gasteiger partial charge in [0.05, 0.1) is 6.26 Å². The van der Waals surface area contributed by atoms with Crippen LogP contribution in [0.15, 0.2) is 22.8 Å². The van der Waals surface area contributed by atoms with E-state index in [9.17, 15) is 0 Å². The summed E-state index contributed by atoms with van der Waals surface area (Å²) in [6.07, 6.45) is 2.69. The Bertz CT molecular complexity index is 246. The predicted octanol–water partition coefficient (Wildman–Crippen LogP) is 2.85. The Hall–Kier alpha value is -0.760. The second-order valence-corrected chi connectivity index (χ2v) is 5.13. The van der Waals surface area contributed by atoms with E-state index in [4.69, 9.17) is 4.42 Å². The molecule has 0 aliphatic carbocycles. The van der Waals surface area contributed by atoms with Gasteiger partial charge in [0.15, 0.2) is 0 Å². The molecule has 1 unspecified atom stereocenters. The normalized spacial score (nSPS) is 14.3. The summed E-state index contributed by atoms with van der Waals surface area (Å²) in [5.41, 5.74) is 0.345. The Morgan fingerprint density at radius 1 is 1.43 bits per heavy atom. The first-order valence-corrected chi connectivity index (χ1v) is 5.23. The average molecular weight is 195 g/mol. The van der Waals surface area contributed by atoms with E-state index in [2.05, 4.69) is 33.0 Å². The highest BCUT2D eigenvalue weighted by Gasteiger charge is 2.12. The van der Waals surface area contributed by atoms with Crippen LogP contribution in [0.25, 0.3) is 0 Å². The summed E-state index contributed by atoms with van der Waals surface area (Å²) in [6.45, 7) is 9.93. The van der Waals surface area contributed by atoms with Gasteiger partial charge in [0.1, 0.15) is 5.76 Å². The van der Waals surface area contributed by atoms with E-state index in [1.54, 1.807) is 6.26 Å². The third-order valence-corrected chi connectivity index (χ3v) is 2.07. The van der Waals surface area contributed by atoms with Crippen LogP contribution in [-0.4, -0.2) is 12.6 Å². The molecule has 0 radical (unpaired) electrons. The van der Waals surface area contributed by atoms with Gasteiger partial charge in [-0.2, -0.15) is 0 Å². The van der Waals surface area contributed by atoms with Gasteiger partial charge < -0.3 is 9.73 Å². The molecular formula is C12H21NO. The van der Waals surface area contributed by atoms with Crippen molar-refractivity contribution >= 4 is 0 Å². The second kappa shape index (κ2) is 4.65. The third-order valence-electron chi connectivity index (χ3n) is 2.07. The van der Waals surface area contributed by atoms with Crippen LogP contribution in [-0.2, 0) is 6.42 Å². The largest absolute Gasteiger partial charge is 0.469 e. The smallest absolute Gasteiger partial charge is 0.105 e. The molecule has 0 aromatic carbocycles. The van der Waals surface area contributed by atoms with Crippen molar-refractivity contribution in [2.75, 3.05) is 6.54 Å². The fourth-order valence-electron chi connectivity index (χ4n) is 1.28. The van der Waals surface area contributed by atoms with Gasteiger partial charge in [0.2, 0.25) is 0 Å². The molecule has 1 aromatic heterocycles. The first-order chi connectivity index (χ1) is 6.47. The van der Waals surface area contributed by atoms with Crippen molar-refractivity contribution in [3.63, 3.8) is 0 Å². The number of nitrogens with one attached hydrogen (secondary N) is 1. The molecule has 2 nitrogen and oxygen atoms in total. The van der Waals surface area contributed by atoms with Crippen LogP contribution in [0.4, 0.5) is 0 Å². The van der Waals surface area contributed by atoms with E-state index in [-0.39, 0.29) is 0 Å². The summed E-state index contributed by atoms with van der Waals surface area (Å²) in [5.74, 6) is 1.05. The average Bonchev–Trinajstić information content (AvgIpc) is 2.52. The first kappa shape index (κ1) is 11.3. The zero-order chi connectivity index (χ0) is 10.6. The monoisotopic (exact) mass is 195 g/mol. The van der Waals surface area contributed by atoms with Gasteiger partial charge in [-0.15, -0.1) is 0 Å². The van der Waals surface area contributed by atoms with Crippen LogP contribution in [0.1, 0.15) is 33.5 Å². The van der Waals surface area contributed by atoms with Crippen molar-refractivity contribution in [2.45, 2.75) is 40.2 Å². The topological polar surface area (TPSA) is 25.2 Å². The summed E-state index contributed by atoms with van der Waals surface area (Å²) in [7, 11) is 0. The molecular weight excluding hydrogens is 174 g/mol. The lowest BCUT2D eigenvalue weighted by Crippen LogP contribution is -2.35. The van der Waals surface area contributed by atoms with E-state index in [1.165, 1.54) is 0 Å². The number of hydrogen-bond donors (Lipinski definition) is 1. The van der Waals surface area contributed by atoms with Crippen molar-refractivity contribution < 1.29 is 4.42 Å². The molecule has 0 fully saturated rings. The minimum Gasteiger partial charge on any atom is -0.469 e. The number of rotatable bonds is 4. The minimum atomic E-state index is 0.345. The molecule has 0 aliphatic rings. The van der Waals surface area contributed by atoms with Crippen LogP contribution in [0, 0.1) is 5.41 Å². The molecule has 14 heavy (non-hydrogen) atoms. The van der Waals surface area contributed by atoms with Gasteiger partial charge in [-0.3, -0.25) is 0 Å². The van der Waals surface area contributed by atoms with Crippen molar-refractivity contribution in [2.24, 2.45) is 5.41 Å². The lowest BCUT2D eigenvalue weighted by molar-refractivity contribution is 0.348. The minimum absolute atomic E-state index is 0.345. The summed E-state index contributed by atoms with van der Waals surface area (Å²) in [6, 6.07) is 4.43. The highest BCUT2D eigenvalue weighted by molar-refractivity contribution is 4.99. The van der Waals surface area contributed by atoms with E-state index in [0.29, 0.717) is 11.5 Å². The van der Waals surface area contributed by atoms with Gasteiger partial charge in [-0.05, 0) is 24.5 Å². The van der Waals surface area contributed by atoms with E-state index in [0.717, 1.165) is 18.7 Å². The molecule has 0 bridgehead atoms. The van der Waals surface area contributed by atoms with Crippen molar-refractivity contribution in [1.82, 2.24) is 5.32 Å². The molecule has 1 heterocycles. The first-order valence-electron chi connectivity index (χ1n) is 5.23. The quantitative estimate of drug-likeness (QED) is 0.799. The molecule has 1 N–H and O–H groups in total. The van der Waals surface area contributed by atoms with Crippen LogP contribution in [0.5, 0.6) is 0 Å². The summed E-state index contributed by atoms with van der Waals surface area (Å²) < 4.78 is 5.30. The van der Waals surface area contributed by atoms with Crippen LogP contribution < -0.4 is 5.32 Å². The zero-order valence-corrected chi connectivity index (χ0v) is 9.63. The molecule has 2 heteroatoms. The maximum atomic E-state index is 5.30. The van der Waals surface area contributed by atoms with Gasteiger partial charge in [-0.25, -0.2) is 0 Å². The molecule has 0 saturated carbocycles. The van der Waals surface area contributed by atoms with Gasteiger partial charge in [0, 0.05) is 19.0 Å². The summed E-state index contributed by atoms with van der Waals surface area (Å²) in [5, 5.41) is 3.50. The van der Waals surface area contributed by atoms with Crippen LogP contribution >= 0.6 is 0 Å². The summed E-state index contributed by atoms with van der Waals surface area (Å²) >= 11 is 0. The number of furan rings is 1. The Labute approximate surface area is 86.7 Å². The Morgan fingerprint density at radius 3 is 2.64 bits per heavy atom. The molecule has 1 aromatic rings. The van der Waals surface area contributed by atoms with Crippen LogP contribution in [0.2, 0.25) is 0 Å². The lowest BCUT2D eigenvalue weighted by Gasteiger charge is -2.22. The third kappa shape index (κ3) is 4.47. The maximum absolute atomic E-state index is 5.30. The van der Waals surface area contributed by atoms with Crippen LogP contribution in [0.3, 0.4) is 0 Å². The standard InChI is InChI=1S/C12H21NO/c1-10(13-9-12(2,3)4)8-11-6-5-7-14-11/h5-7,10,13H,8-9H2,1-4H3. The molecule has 0 spiro atoms. The SMILES string of the molecule is CC(Cc1ccco1)NCC(C)(C)C. The molecule has 0 saturated heterocycles. The van der Waals surface area contributed by atoms with E-state index in [1.807, 2.05) is 12.1 Å². The molecule has 0 amide bonds. The predicted molar refractivity (Wildman–Crippen MR) is 59.3 cm³/mol. The Morgan fingerprint density at radius 2 is 2.14 bits per heavy atom. The van der Waals surface area contributed by atoms with Crippen molar-refractivity contribution in [3.05, 3.63) is 24.2 Å². The fourth-order valence-corrected chi connectivity index (χ4v) is 1.28. The van der Waals surface area contributed by atoms with Gasteiger partial charge in [0.25, 0.3) is 0 Å². The maximum Gasteiger partial charge on any atom is 0.105 e. The summed E-state index contributed by atoms with van der Waals surface area (Å²) in [4.78, 5) is 0. The molecule has 1 atom stereocenters. The fraction of sp³-hybridized carbons (Fsp3) is 0.667. The zero-order valence-electron chi connectivity index (χ0n) is 9.63. The van der Waals surface area contributed by atoms with Gasteiger partial charge >= 0.3 is 0 Å². The van der Waals surface area contributed by atoms with E-state index < -0.39 is 0 Å². The molecule has 1 rings (SSSR count). The van der Waals surface area contributed by atoms with Gasteiger partial charge in [-0.1, -0.05) is 20.8 Å². The Balaban J connectivity index is 2.26. The van der Waals surface area contributed by atoms with Crippen molar-refractivity contribution in [3.8, 4) is 0 Å². The molecule has 0 aliphatic heterocycles. The highest BCUT2D eigenvalue weighted by Crippen LogP contribution is 2.11. The Kier molecular flexibility index (Phi) is 3.76.